The maximum atomic E-state index is 12.2. The second-order valence-corrected chi connectivity index (χ2v) is 7.20. The van der Waals surface area contributed by atoms with E-state index in [2.05, 4.69) is 10.9 Å². The zero-order valence-electron chi connectivity index (χ0n) is 13.6. The molecule has 0 aliphatic carbocycles. The third-order valence-corrected chi connectivity index (χ3v) is 5.34. The normalized spacial score (nSPS) is 10.4. The largest absolute Gasteiger partial charge is 0.451 e. The van der Waals surface area contributed by atoms with E-state index in [1.54, 1.807) is 48.5 Å². The van der Waals surface area contributed by atoms with Crippen LogP contribution in [-0.4, -0.2) is 24.4 Å². The van der Waals surface area contributed by atoms with Crippen molar-refractivity contribution >= 4 is 62.4 Å². The van der Waals surface area contributed by atoms with E-state index in [0.29, 0.717) is 16.0 Å². The van der Waals surface area contributed by atoms with Gasteiger partial charge in [0, 0.05) is 20.7 Å². The van der Waals surface area contributed by atoms with Gasteiger partial charge in [-0.3, -0.25) is 20.4 Å². The molecule has 0 radical (unpaired) electrons. The van der Waals surface area contributed by atoms with E-state index in [0.717, 1.165) is 16.0 Å². The number of nitrogens with one attached hydrogen (secondary N) is 2. The smallest absolute Gasteiger partial charge is 0.350 e. The maximum Gasteiger partial charge on any atom is 0.350 e. The third-order valence-electron chi connectivity index (χ3n) is 3.46. The molecule has 0 spiro atoms. The van der Waals surface area contributed by atoms with E-state index in [9.17, 15) is 14.4 Å². The van der Waals surface area contributed by atoms with Crippen LogP contribution in [-0.2, 0) is 9.53 Å². The topological polar surface area (TPSA) is 84.5 Å². The summed E-state index contributed by atoms with van der Waals surface area (Å²) in [4.78, 5) is 35.9. The Bertz CT molecular complexity index is 1020. The van der Waals surface area contributed by atoms with Crippen LogP contribution in [0.1, 0.15) is 20.0 Å². The van der Waals surface area contributed by atoms with Gasteiger partial charge in [-0.2, -0.15) is 0 Å². The van der Waals surface area contributed by atoms with Gasteiger partial charge in [-0.15, -0.1) is 11.3 Å². The number of halogens is 2. The fourth-order valence-electron chi connectivity index (χ4n) is 2.19. The molecule has 1 heterocycles. The molecule has 0 bridgehead atoms. The quantitative estimate of drug-likeness (QED) is 0.494. The van der Waals surface area contributed by atoms with Gasteiger partial charge >= 0.3 is 5.97 Å². The lowest BCUT2D eigenvalue weighted by Gasteiger charge is -2.07. The second kappa shape index (κ2) is 8.39. The van der Waals surface area contributed by atoms with Crippen molar-refractivity contribution in [2.45, 2.75) is 0 Å². The molecule has 0 unspecified atom stereocenters. The number of esters is 1. The fourth-order valence-corrected chi connectivity index (χ4v) is 3.87. The number of carbonyl (C=O) groups is 3. The summed E-state index contributed by atoms with van der Waals surface area (Å²) in [5, 5.41) is 1.45. The number of hydrogen-bond donors (Lipinski definition) is 2. The van der Waals surface area contributed by atoms with Gasteiger partial charge in [0.15, 0.2) is 6.61 Å². The molecule has 0 atom stereocenters. The lowest BCUT2D eigenvalue weighted by molar-refractivity contribution is -0.125. The Morgan fingerprint density at radius 2 is 1.74 bits per heavy atom. The van der Waals surface area contributed by atoms with Gasteiger partial charge in [0.05, 0.1) is 5.02 Å². The van der Waals surface area contributed by atoms with Crippen LogP contribution in [0.2, 0.25) is 10.0 Å². The monoisotopic (exact) mass is 422 g/mol. The van der Waals surface area contributed by atoms with Crippen LogP contribution in [0.25, 0.3) is 10.1 Å². The summed E-state index contributed by atoms with van der Waals surface area (Å²) in [6, 6.07) is 13.4. The summed E-state index contributed by atoms with van der Waals surface area (Å²) < 4.78 is 5.69. The molecule has 0 fully saturated rings. The predicted molar refractivity (Wildman–Crippen MR) is 104 cm³/mol. The van der Waals surface area contributed by atoms with E-state index in [1.165, 1.54) is 0 Å². The van der Waals surface area contributed by atoms with Crippen LogP contribution < -0.4 is 10.9 Å². The van der Waals surface area contributed by atoms with Crippen molar-refractivity contribution in [1.29, 1.82) is 0 Å². The Balaban J connectivity index is 1.55. The molecule has 138 valence electrons. The molecule has 6 nitrogen and oxygen atoms in total. The van der Waals surface area contributed by atoms with Gasteiger partial charge in [0.2, 0.25) is 0 Å². The van der Waals surface area contributed by atoms with Crippen molar-refractivity contribution in [3.05, 3.63) is 69.0 Å². The Hall–Kier alpha value is -2.61. The van der Waals surface area contributed by atoms with Crippen LogP contribution in [0.4, 0.5) is 0 Å². The highest BCUT2D eigenvalue weighted by Crippen LogP contribution is 2.37. The van der Waals surface area contributed by atoms with E-state index in [1.807, 2.05) is 0 Å². The first kappa shape index (κ1) is 19.2. The van der Waals surface area contributed by atoms with E-state index in [4.69, 9.17) is 27.9 Å². The number of rotatable bonds is 4. The van der Waals surface area contributed by atoms with Gasteiger partial charge in [-0.1, -0.05) is 47.5 Å². The Morgan fingerprint density at radius 1 is 1.00 bits per heavy atom. The number of fused-ring (bicyclic) bond motifs is 1. The summed E-state index contributed by atoms with van der Waals surface area (Å²) in [7, 11) is 0. The minimum absolute atomic E-state index is 0.176. The number of thiophene rings is 1. The molecule has 0 aliphatic heterocycles. The first-order valence-corrected chi connectivity index (χ1v) is 9.22. The summed E-state index contributed by atoms with van der Waals surface area (Å²) >= 11 is 13.2. The maximum absolute atomic E-state index is 12.2. The van der Waals surface area contributed by atoms with Crippen molar-refractivity contribution in [3.8, 4) is 0 Å². The van der Waals surface area contributed by atoms with Gasteiger partial charge in [-0.25, -0.2) is 4.79 Å². The summed E-state index contributed by atoms with van der Waals surface area (Å²) in [5.41, 5.74) is 4.79. The molecule has 27 heavy (non-hydrogen) atoms. The lowest BCUT2D eigenvalue weighted by Crippen LogP contribution is -2.43. The highest BCUT2D eigenvalue weighted by molar-refractivity contribution is 7.21. The fraction of sp³-hybridized carbons (Fsp3) is 0.0556. The van der Waals surface area contributed by atoms with Crippen molar-refractivity contribution < 1.29 is 19.1 Å². The second-order valence-electron chi connectivity index (χ2n) is 5.33. The van der Waals surface area contributed by atoms with Crippen LogP contribution in [0, 0.1) is 0 Å². The number of hydrogen-bond acceptors (Lipinski definition) is 5. The number of amides is 2. The van der Waals surface area contributed by atoms with Crippen LogP contribution in [0.15, 0.2) is 48.5 Å². The van der Waals surface area contributed by atoms with Crippen molar-refractivity contribution in [2.75, 3.05) is 6.61 Å². The number of carbonyl (C=O) groups excluding carboxylic acids is 3. The zero-order chi connectivity index (χ0) is 19.4. The number of hydrazine groups is 1. The molecule has 3 aromatic rings. The van der Waals surface area contributed by atoms with Crippen LogP contribution in [0.5, 0.6) is 0 Å². The lowest BCUT2D eigenvalue weighted by atomic mass is 10.2. The Kier molecular flexibility index (Phi) is 5.95. The molecule has 2 N–H and O–H groups in total. The van der Waals surface area contributed by atoms with Gasteiger partial charge < -0.3 is 4.74 Å². The molecule has 0 aliphatic rings. The van der Waals surface area contributed by atoms with E-state index >= 15 is 0 Å². The van der Waals surface area contributed by atoms with Gasteiger partial charge in [0.25, 0.3) is 11.8 Å². The highest BCUT2D eigenvalue weighted by Gasteiger charge is 2.19. The third kappa shape index (κ3) is 4.57. The molecule has 2 amide bonds. The van der Waals surface area contributed by atoms with Crippen LogP contribution >= 0.6 is 34.5 Å². The van der Waals surface area contributed by atoms with Gasteiger partial charge in [-0.05, 0) is 24.3 Å². The predicted octanol–water partition coefficient (Wildman–Crippen LogP) is 3.83. The summed E-state index contributed by atoms with van der Waals surface area (Å²) in [6.45, 7) is -0.570. The van der Waals surface area contributed by atoms with E-state index < -0.39 is 24.4 Å². The van der Waals surface area contributed by atoms with Crippen LogP contribution in [0.3, 0.4) is 0 Å². The number of ether oxygens (including phenoxy) is 1. The van der Waals surface area contributed by atoms with Gasteiger partial charge in [0.1, 0.15) is 4.88 Å². The minimum atomic E-state index is -0.734. The zero-order valence-corrected chi connectivity index (χ0v) is 16.0. The highest BCUT2D eigenvalue weighted by atomic mass is 35.5. The average Bonchev–Trinajstić information content (AvgIpc) is 3.00. The molecule has 0 saturated carbocycles. The Labute approximate surface area is 168 Å². The molecule has 0 saturated heterocycles. The van der Waals surface area contributed by atoms with Crippen molar-refractivity contribution in [2.24, 2.45) is 0 Å². The molecule has 1 aromatic heterocycles. The molecule has 3 rings (SSSR count). The Morgan fingerprint density at radius 3 is 2.48 bits per heavy atom. The summed E-state index contributed by atoms with van der Waals surface area (Å²) in [6.07, 6.45) is 0. The standard InChI is InChI=1S/C18H12Cl2N2O4S/c19-11-6-7-12-13(8-11)27-16(15(12)20)18(25)26-9-14(23)21-22-17(24)10-4-2-1-3-5-10/h1-8H,9H2,(H,21,23)(H,22,24). The van der Waals surface area contributed by atoms with Crippen molar-refractivity contribution in [1.82, 2.24) is 10.9 Å². The minimum Gasteiger partial charge on any atom is -0.451 e. The molecular weight excluding hydrogens is 411 g/mol. The van der Waals surface area contributed by atoms with E-state index in [-0.39, 0.29) is 9.90 Å². The summed E-state index contributed by atoms with van der Waals surface area (Å²) in [5.74, 6) is -1.91. The molecular formula is C18H12Cl2N2O4S. The first-order valence-electron chi connectivity index (χ1n) is 7.64. The average molecular weight is 423 g/mol. The molecule has 2 aromatic carbocycles. The molecule has 9 heteroatoms. The van der Waals surface area contributed by atoms with Crippen molar-refractivity contribution in [3.63, 3.8) is 0 Å². The first-order chi connectivity index (χ1) is 13.0. The SMILES string of the molecule is O=C(COC(=O)c1sc2cc(Cl)ccc2c1Cl)NNC(=O)c1ccccc1. The number of benzene rings is 2.